The first-order valence-corrected chi connectivity index (χ1v) is 12.7. The second-order valence-corrected chi connectivity index (χ2v) is 9.54. The van der Waals surface area contributed by atoms with Gasteiger partial charge < -0.3 is 16.4 Å². The van der Waals surface area contributed by atoms with Crippen molar-refractivity contribution in [3.8, 4) is 0 Å². The van der Waals surface area contributed by atoms with Gasteiger partial charge in [-0.05, 0) is 62.3 Å². The lowest BCUT2D eigenvalue weighted by Gasteiger charge is -2.22. The molecule has 4 N–H and O–H groups in total. The van der Waals surface area contributed by atoms with Crippen molar-refractivity contribution in [2.24, 2.45) is 17.6 Å². The average molecular weight is 510 g/mol. The monoisotopic (exact) mass is 509 g/mol. The van der Waals surface area contributed by atoms with Crippen LogP contribution in [-0.4, -0.2) is 29.0 Å². The number of alkyl halides is 3. The number of hydrogen-bond acceptors (Lipinski definition) is 5. The van der Waals surface area contributed by atoms with Crippen molar-refractivity contribution in [1.29, 1.82) is 0 Å². The molecule has 0 spiro atoms. The number of anilines is 2. The SMILES string of the molecule is NCC1CCCCC1.O=C(NCC1CCCCC1)c1cnc(Nc2cccc(F)c2)nc1C(F)(F)F. The number of nitrogens with zero attached hydrogens (tertiary/aromatic N) is 2. The maximum absolute atomic E-state index is 13.4. The topological polar surface area (TPSA) is 92.9 Å². The molecule has 1 amide bonds. The first-order valence-electron chi connectivity index (χ1n) is 12.7. The molecule has 10 heteroatoms. The Bertz CT molecular complexity index is 973. The lowest BCUT2D eigenvalue weighted by molar-refractivity contribution is -0.141. The number of aromatic nitrogens is 2. The third-order valence-electron chi connectivity index (χ3n) is 6.72. The van der Waals surface area contributed by atoms with Crippen molar-refractivity contribution < 1.29 is 22.4 Å². The van der Waals surface area contributed by atoms with Gasteiger partial charge in [0.1, 0.15) is 5.82 Å². The summed E-state index contributed by atoms with van der Waals surface area (Å²) in [6, 6.07) is 5.16. The van der Waals surface area contributed by atoms with E-state index in [1.165, 1.54) is 50.3 Å². The maximum atomic E-state index is 13.4. The highest BCUT2D eigenvalue weighted by Gasteiger charge is 2.38. The van der Waals surface area contributed by atoms with Crippen LogP contribution in [-0.2, 0) is 6.18 Å². The van der Waals surface area contributed by atoms with Crippen LogP contribution in [0.2, 0.25) is 0 Å². The zero-order valence-electron chi connectivity index (χ0n) is 20.4. The van der Waals surface area contributed by atoms with Crippen LogP contribution in [0.3, 0.4) is 0 Å². The fourth-order valence-electron chi connectivity index (χ4n) is 4.67. The Morgan fingerprint density at radius 2 is 1.64 bits per heavy atom. The molecule has 2 aliphatic rings. The number of nitrogens with one attached hydrogen (secondary N) is 2. The largest absolute Gasteiger partial charge is 0.434 e. The third-order valence-corrected chi connectivity index (χ3v) is 6.72. The lowest BCUT2D eigenvalue weighted by Crippen LogP contribution is -2.32. The van der Waals surface area contributed by atoms with Gasteiger partial charge in [-0.3, -0.25) is 4.79 Å². The summed E-state index contributed by atoms with van der Waals surface area (Å²) in [4.78, 5) is 19.6. The predicted molar refractivity (Wildman–Crippen MR) is 131 cm³/mol. The fourth-order valence-corrected chi connectivity index (χ4v) is 4.67. The zero-order valence-corrected chi connectivity index (χ0v) is 20.4. The number of carbonyl (C=O) groups is 1. The summed E-state index contributed by atoms with van der Waals surface area (Å²) in [6.07, 6.45) is 8.25. The van der Waals surface area contributed by atoms with Gasteiger partial charge in [-0.15, -0.1) is 0 Å². The van der Waals surface area contributed by atoms with E-state index < -0.39 is 29.2 Å². The maximum Gasteiger partial charge on any atom is 0.434 e. The Morgan fingerprint density at radius 3 is 2.19 bits per heavy atom. The smallest absolute Gasteiger partial charge is 0.352 e. The van der Waals surface area contributed by atoms with E-state index in [2.05, 4.69) is 20.6 Å². The molecule has 0 aliphatic heterocycles. The summed E-state index contributed by atoms with van der Waals surface area (Å²) in [5, 5.41) is 5.08. The molecule has 2 saturated carbocycles. The van der Waals surface area contributed by atoms with Crippen molar-refractivity contribution in [1.82, 2.24) is 15.3 Å². The third kappa shape index (κ3) is 8.72. The summed E-state index contributed by atoms with van der Waals surface area (Å²) in [6.45, 7) is 1.25. The minimum Gasteiger partial charge on any atom is -0.352 e. The Hall–Kier alpha value is -2.75. The molecule has 2 aliphatic carbocycles. The molecule has 6 nitrogen and oxygen atoms in total. The highest BCUT2D eigenvalue weighted by molar-refractivity contribution is 5.95. The molecule has 1 aromatic heterocycles. The molecule has 4 rings (SSSR count). The number of carbonyl (C=O) groups excluding carboxylic acids is 1. The van der Waals surface area contributed by atoms with E-state index in [-0.39, 0.29) is 17.6 Å². The van der Waals surface area contributed by atoms with Crippen molar-refractivity contribution in [2.75, 3.05) is 18.4 Å². The van der Waals surface area contributed by atoms with Gasteiger partial charge in [0.2, 0.25) is 5.95 Å². The van der Waals surface area contributed by atoms with Crippen LogP contribution < -0.4 is 16.4 Å². The van der Waals surface area contributed by atoms with Crippen LogP contribution in [0.5, 0.6) is 0 Å². The second kappa shape index (κ2) is 13.5. The molecule has 0 unspecified atom stereocenters. The van der Waals surface area contributed by atoms with Crippen LogP contribution in [0.15, 0.2) is 30.5 Å². The highest BCUT2D eigenvalue weighted by atomic mass is 19.4. The molecule has 0 bridgehead atoms. The van der Waals surface area contributed by atoms with E-state index in [4.69, 9.17) is 5.73 Å². The molecule has 36 heavy (non-hydrogen) atoms. The lowest BCUT2D eigenvalue weighted by atomic mass is 9.89. The molecular formula is C26H35F4N5O. The molecule has 0 radical (unpaired) electrons. The quantitative estimate of drug-likeness (QED) is 0.403. The van der Waals surface area contributed by atoms with Gasteiger partial charge >= 0.3 is 6.18 Å². The zero-order chi connectivity index (χ0) is 26.0. The van der Waals surface area contributed by atoms with Crippen LogP contribution >= 0.6 is 0 Å². The van der Waals surface area contributed by atoms with Gasteiger partial charge in [0.05, 0.1) is 5.56 Å². The van der Waals surface area contributed by atoms with Gasteiger partial charge in [-0.1, -0.05) is 44.6 Å². The Kier molecular flexibility index (Phi) is 10.5. The van der Waals surface area contributed by atoms with Crippen LogP contribution in [0.1, 0.15) is 80.3 Å². The molecule has 0 saturated heterocycles. The van der Waals surface area contributed by atoms with Crippen molar-refractivity contribution in [2.45, 2.75) is 70.4 Å². The number of benzene rings is 1. The molecule has 0 atom stereocenters. The van der Waals surface area contributed by atoms with Crippen LogP contribution in [0, 0.1) is 17.7 Å². The summed E-state index contributed by atoms with van der Waals surface area (Å²) >= 11 is 0. The molecule has 2 fully saturated rings. The van der Waals surface area contributed by atoms with Gasteiger partial charge in [-0.2, -0.15) is 13.2 Å². The molecule has 2 aromatic rings. The van der Waals surface area contributed by atoms with Crippen LogP contribution in [0.4, 0.5) is 29.2 Å². The highest BCUT2D eigenvalue weighted by Crippen LogP contribution is 2.31. The van der Waals surface area contributed by atoms with E-state index in [1.807, 2.05) is 0 Å². The van der Waals surface area contributed by atoms with E-state index in [9.17, 15) is 22.4 Å². The number of halogens is 4. The molecule has 198 valence electrons. The second-order valence-electron chi connectivity index (χ2n) is 9.54. The van der Waals surface area contributed by atoms with E-state index >= 15 is 0 Å². The van der Waals surface area contributed by atoms with Crippen molar-refractivity contribution in [3.63, 3.8) is 0 Å². The standard InChI is InChI=1S/C19H20F4N4O.C7H15N/c20-13-7-4-8-14(9-13)26-18-25-11-15(16(27-18)19(21,22)23)17(28)24-10-12-5-2-1-3-6-12;8-6-7-4-2-1-3-5-7/h4,7-9,11-12H,1-3,5-6,10H2,(H,24,28)(H,25,26,27);7H,1-6,8H2. The van der Waals surface area contributed by atoms with E-state index in [0.717, 1.165) is 56.8 Å². The van der Waals surface area contributed by atoms with Crippen molar-refractivity contribution >= 4 is 17.5 Å². The summed E-state index contributed by atoms with van der Waals surface area (Å²) in [7, 11) is 0. The van der Waals surface area contributed by atoms with Gasteiger partial charge in [0, 0.05) is 18.4 Å². The minimum absolute atomic E-state index is 0.197. The number of nitrogens with two attached hydrogens (primary N) is 1. The summed E-state index contributed by atoms with van der Waals surface area (Å²) < 4.78 is 53.5. The average Bonchev–Trinajstić information content (AvgIpc) is 2.88. The molecular weight excluding hydrogens is 474 g/mol. The minimum atomic E-state index is -4.83. The van der Waals surface area contributed by atoms with Gasteiger partial charge in [0.15, 0.2) is 5.69 Å². The van der Waals surface area contributed by atoms with E-state index in [1.54, 1.807) is 0 Å². The van der Waals surface area contributed by atoms with Gasteiger partial charge in [-0.25, -0.2) is 14.4 Å². The Morgan fingerprint density at radius 1 is 1.00 bits per heavy atom. The predicted octanol–water partition coefficient (Wildman–Crippen LogP) is 6.21. The first-order chi connectivity index (χ1) is 17.3. The Labute approximate surface area is 209 Å². The normalized spacial score (nSPS) is 17.1. The Balaban J connectivity index is 0.000000383. The van der Waals surface area contributed by atoms with Gasteiger partial charge in [0.25, 0.3) is 5.91 Å². The number of hydrogen-bond donors (Lipinski definition) is 3. The first kappa shape index (κ1) is 27.8. The summed E-state index contributed by atoms with van der Waals surface area (Å²) in [5.74, 6) is -0.637. The summed E-state index contributed by atoms with van der Waals surface area (Å²) in [5.41, 5.74) is 3.74. The molecule has 1 heterocycles. The van der Waals surface area contributed by atoms with E-state index in [0.29, 0.717) is 6.54 Å². The number of amides is 1. The van der Waals surface area contributed by atoms with Crippen molar-refractivity contribution in [3.05, 3.63) is 47.5 Å². The number of rotatable bonds is 6. The van der Waals surface area contributed by atoms with Crippen LogP contribution in [0.25, 0.3) is 0 Å². The molecule has 1 aromatic carbocycles. The fraction of sp³-hybridized carbons (Fsp3) is 0.577.